The van der Waals surface area contributed by atoms with Crippen LogP contribution in [0.15, 0.2) is 18.2 Å². The number of nitrogens with two attached hydrogens (primary N) is 1. The molecule has 3 N–H and O–H groups in total. The summed E-state index contributed by atoms with van der Waals surface area (Å²) in [6, 6.07) is 5.21. The highest BCUT2D eigenvalue weighted by Gasteiger charge is 2.01. The van der Waals surface area contributed by atoms with Crippen LogP contribution in [0.5, 0.6) is 11.5 Å². The van der Waals surface area contributed by atoms with Crippen molar-refractivity contribution in [2.24, 2.45) is 5.73 Å². The van der Waals surface area contributed by atoms with Gasteiger partial charge in [0, 0.05) is 0 Å². The smallest absolute Gasteiger partial charge is 0.119 e. The highest BCUT2D eigenvalue weighted by atomic mass is 16.5. The molecule has 0 saturated heterocycles. The van der Waals surface area contributed by atoms with Crippen LogP contribution in [-0.2, 0) is 6.42 Å². The van der Waals surface area contributed by atoms with Gasteiger partial charge in [-0.05, 0) is 43.7 Å². The van der Waals surface area contributed by atoms with Crippen LogP contribution in [0.1, 0.15) is 12.5 Å². The third-order valence-corrected chi connectivity index (χ3v) is 1.78. The normalized spacial score (nSPS) is 10.0. The highest BCUT2D eigenvalue weighted by molar-refractivity contribution is 5.39. The number of phenolic OH excluding ortho intramolecular Hbond substituents is 1. The first kappa shape index (κ1) is 9.86. The molecule has 0 atom stereocenters. The standard InChI is InChI=1S/C10H15NO2/c1-2-13-9-3-4-10(12)8(7-9)5-6-11/h3-4,7,12H,2,5-6,11H2,1H3. The van der Waals surface area contributed by atoms with Crippen molar-refractivity contribution < 1.29 is 9.84 Å². The molecule has 72 valence electrons. The largest absolute Gasteiger partial charge is 0.508 e. The van der Waals surface area contributed by atoms with E-state index in [0.29, 0.717) is 19.6 Å². The minimum Gasteiger partial charge on any atom is -0.508 e. The maximum atomic E-state index is 9.42. The number of hydrogen-bond donors (Lipinski definition) is 2. The van der Waals surface area contributed by atoms with Gasteiger partial charge in [0.2, 0.25) is 0 Å². The van der Waals surface area contributed by atoms with E-state index in [0.717, 1.165) is 11.3 Å². The second-order valence-electron chi connectivity index (χ2n) is 2.76. The fourth-order valence-corrected chi connectivity index (χ4v) is 1.17. The Morgan fingerprint density at radius 2 is 2.23 bits per heavy atom. The van der Waals surface area contributed by atoms with Crippen LogP contribution >= 0.6 is 0 Å². The number of aromatic hydroxyl groups is 1. The van der Waals surface area contributed by atoms with Crippen LogP contribution in [0.25, 0.3) is 0 Å². The van der Waals surface area contributed by atoms with Gasteiger partial charge in [0.15, 0.2) is 0 Å². The van der Waals surface area contributed by atoms with Crippen molar-refractivity contribution >= 4 is 0 Å². The fraction of sp³-hybridized carbons (Fsp3) is 0.400. The summed E-state index contributed by atoms with van der Waals surface area (Å²) >= 11 is 0. The minimum atomic E-state index is 0.286. The van der Waals surface area contributed by atoms with Crippen molar-refractivity contribution in [3.05, 3.63) is 23.8 Å². The second kappa shape index (κ2) is 4.72. The Kier molecular flexibility index (Phi) is 3.58. The van der Waals surface area contributed by atoms with E-state index in [-0.39, 0.29) is 5.75 Å². The Bertz CT molecular complexity index is 274. The zero-order valence-electron chi connectivity index (χ0n) is 7.79. The topological polar surface area (TPSA) is 55.5 Å². The van der Waals surface area contributed by atoms with E-state index >= 15 is 0 Å². The molecule has 0 unspecified atom stereocenters. The maximum absolute atomic E-state index is 9.42. The van der Waals surface area contributed by atoms with Gasteiger partial charge in [0.1, 0.15) is 11.5 Å². The van der Waals surface area contributed by atoms with Gasteiger partial charge in [0.05, 0.1) is 6.61 Å². The number of phenols is 1. The molecule has 1 rings (SSSR count). The zero-order valence-corrected chi connectivity index (χ0v) is 7.79. The molecule has 0 bridgehead atoms. The molecule has 0 radical (unpaired) electrons. The predicted octanol–water partition coefficient (Wildman–Crippen LogP) is 1.29. The molecule has 0 fully saturated rings. The zero-order chi connectivity index (χ0) is 9.68. The summed E-state index contributed by atoms with van der Waals surface area (Å²) < 4.78 is 5.30. The van der Waals surface area contributed by atoms with Gasteiger partial charge < -0.3 is 15.6 Å². The molecule has 0 aliphatic carbocycles. The molecule has 0 saturated carbocycles. The number of benzene rings is 1. The molecule has 0 heterocycles. The van der Waals surface area contributed by atoms with Crippen molar-refractivity contribution in [2.75, 3.05) is 13.2 Å². The highest BCUT2D eigenvalue weighted by Crippen LogP contribution is 2.23. The number of hydrogen-bond acceptors (Lipinski definition) is 3. The SMILES string of the molecule is CCOc1ccc(O)c(CCN)c1. The summed E-state index contributed by atoms with van der Waals surface area (Å²) in [6.07, 6.45) is 0.673. The molecule has 0 aliphatic heterocycles. The number of ether oxygens (including phenoxy) is 1. The Morgan fingerprint density at radius 3 is 2.85 bits per heavy atom. The van der Waals surface area contributed by atoms with Gasteiger partial charge in [-0.15, -0.1) is 0 Å². The summed E-state index contributed by atoms with van der Waals surface area (Å²) in [5.74, 6) is 1.07. The minimum absolute atomic E-state index is 0.286. The van der Waals surface area contributed by atoms with Crippen molar-refractivity contribution in [3.8, 4) is 11.5 Å². The molecule has 3 nitrogen and oxygen atoms in total. The summed E-state index contributed by atoms with van der Waals surface area (Å²) in [4.78, 5) is 0. The van der Waals surface area contributed by atoms with Gasteiger partial charge in [-0.3, -0.25) is 0 Å². The molecular formula is C10H15NO2. The van der Waals surface area contributed by atoms with E-state index in [9.17, 15) is 5.11 Å². The first-order valence-electron chi connectivity index (χ1n) is 4.42. The molecule has 1 aromatic rings. The summed E-state index contributed by atoms with van der Waals surface area (Å²) in [5, 5.41) is 9.42. The van der Waals surface area contributed by atoms with Gasteiger partial charge >= 0.3 is 0 Å². The van der Waals surface area contributed by atoms with Crippen molar-refractivity contribution in [1.82, 2.24) is 0 Å². The molecule has 13 heavy (non-hydrogen) atoms. The predicted molar refractivity (Wildman–Crippen MR) is 52.0 cm³/mol. The third kappa shape index (κ3) is 2.63. The van der Waals surface area contributed by atoms with Crippen LogP contribution in [0.2, 0.25) is 0 Å². The monoisotopic (exact) mass is 181 g/mol. The van der Waals surface area contributed by atoms with Crippen LogP contribution in [0.3, 0.4) is 0 Å². The second-order valence-corrected chi connectivity index (χ2v) is 2.76. The van der Waals surface area contributed by atoms with E-state index in [1.807, 2.05) is 13.0 Å². The Morgan fingerprint density at radius 1 is 1.46 bits per heavy atom. The molecule has 3 heteroatoms. The Labute approximate surface area is 78.1 Å². The summed E-state index contributed by atoms with van der Waals surface area (Å²) in [7, 11) is 0. The third-order valence-electron chi connectivity index (χ3n) is 1.78. The average molecular weight is 181 g/mol. The van der Waals surface area contributed by atoms with Gasteiger partial charge in [-0.2, -0.15) is 0 Å². The Balaban J connectivity index is 2.83. The summed E-state index contributed by atoms with van der Waals surface area (Å²) in [5.41, 5.74) is 6.24. The fourth-order valence-electron chi connectivity index (χ4n) is 1.17. The van der Waals surface area contributed by atoms with E-state index < -0.39 is 0 Å². The molecule has 0 spiro atoms. The molecule has 0 amide bonds. The lowest BCUT2D eigenvalue weighted by Gasteiger charge is -2.07. The lowest BCUT2D eigenvalue weighted by atomic mass is 10.1. The quantitative estimate of drug-likeness (QED) is 0.736. The average Bonchev–Trinajstić information content (AvgIpc) is 2.12. The van der Waals surface area contributed by atoms with E-state index in [1.165, 1.54) is 0 Å². The first-order chi connectivity index (χ1) is 6.27. The van der Waals surface area contributed by atoms with Crippen molar-refractivity contribution in [1.29, 1.82) is 0 Å². The molecule has 0 aliphatic rings. The van der Waals surface area contributed by atoms with Crippen LogP contribution in [-0.4, -0.2) is 18.3 Å². The molecule has 1 aromatic carbocycles. The van der Waals surface area contributed by atoms with Gasteiger partial charge in [0.25, 0.3) is 0 Å². The first-order valence-corrected chi connectivity index (χ1v) is 4.42. The lowest BCUT2D eigenvalue weighted by molar-refractivity contribution is 0.339. The molecule has 0 aromatic heterocycles. The lowest BCUT2D eigenvalue weighted by Crippen LogP contribution is -2.03. The van der Waals surface area contributed by atoms with Crippen LogP contribution in [0.4, 0.5) is 0 Å². The number of rotatable bonds is 4. The maximum Gasteiger partial charge on any atom is 0.119 e. The van der Waals surface area contributed by atoms with E-state index in [2.05, 4.69) is 0 Å². The van der Waals surface area contributed by atoms with Crippen LogP contribution in [0, 0.1) is 0 Å². The van der Waals surface area contributed by atoms with Gasteiger partial charge in [-0.1, -0.05) is 0 Å². The Hall–Kier alpha value is -1.22. The molecular weight excluding hydrogens is 166 g/mol. The van der Waals surface area contributed by atoms with Crippen LogP contribution < -0.4 is 10.5 Å². The summed E-state index contributed by atoms with van der Waals surface area (Å²) in [6.45, 7) is 3.09. The van der Waals surface area contributed by atoms with Crippen molar-refractivity contribution in [3.63, 3.8) is 0 Å². The van der Waals surface area contributed by atoms with E-state index in [1.54, 1.807) is 12.1 Å². The van der Waals surface area contributed by atoms with Crippen molar-refractivity contribution in [2.45, 2.75) is 13.3 Å². The van der Waals surface area contributed by atoms with E-state index in [4.69, 9.17) is 10.5 Å². The van der Waals surface area contributed by atoms with Gasteiger partial charge in [-0.25, -0.2) is 0 Å².